The summed E-state index contributed by atoms with van der Waals surface area (Å²) in [6.45, 7) is 0. The number of benzene rings is 2. The Morgan fingerprint density at radius 1 is 0.773 bits per heavy atom. The number of hydrogen-bond acceptors (Lipinski definition) is 5. The maximum atomic E-state index is 8.99. The molecule has 0 saturated carbocycles. The van der Waals surface area contributed by atoms with E-state index < -0.39 is 6.16 Å². The van der Waals surface area contributed by atoms with Crippen LogP contribution in [0.3, 0.4) is 0 Å². The lowest BCUT2D eigenvalue weighted by molar-refractivity contribution is 0.137. The molecular weight excluding hydrogens is 292 g/mol. The van der Waals surface area contributed by atoms with Crippen LogP contribution in [0.5, 0.6) is 23.0 Å². The minimum Gasteiger partial charge on any atom is -0.504 e. The normalized spacial score (nSPS) is 8.45. The fraction of sp³-hybridized carbons (Fsp3) is 0.133. The van der Waals surface area contributed by atoms with E-state index in [2.05, 4.69) is 0 Å². The van der Waals surface area contributed by atoms with Crippen LogP contribution in [0.1, 0.15) is 0 Å². The third-order valence-electron chi connectivity index (χ3n) is 2.17. The van der Waals surface area contributed by atoms with Gasteiger partial charge in [-0.15, -0.1) is 0 Å². The number of carbonyl (C=O) groups is 1. The van der Waals surface area contributed by atoms with Gasteiger partial charge in [-0.3, -0.25) is 0 Å². The summed E-state index contributed by atoms with van der Waals surface area (Å²) in [4.78, 5) is 8.56. The smallest absolute Gasteiger partial charge is 0.503 e. The van der Waals surface area contributed by atoms with Gasteiger partial charge in [-0.05, 0) is 24.3 Å². The Kier molecular flexibility index (Phi) is 9.17. The fourth-order valence-corrected chi connectivity index (χ4v) is 1.26. The van der Waals surface area contributed by atoms with Crippen LogP contribution in [-0.4, -0.2) is 40.8 Å². The summed E-state index contributed by atoms with van der Waals surface area (Å²) >= 11 is 0. The van der Waals surface area contributed by atoms with Crippen molar-refractivity contribution in [2.24, 2.45) is 0 Å². The molecule has 22 heavy (non-hydrogen) atoms. The first kappa shape index (κ1) is 18.9. The van der Waals surface area contributed by atoms with Crippen molar-refractivity contribution in [2.45, 2.75) is 0 Å². The Hall–Kier alpha value is -3.09. The molecule has 2 rings (SSSR count). The third-order valence-corrected chi connectivity index (χ3v) is 2.17. The second-order valence-corrected chi connectivity index (χ2v) is 3.63. The van der Waals surface area contributed by atoms with E-state index in [0.29, 0.717) is 11.5 Å². The Bertz CT molecular complexity index is 520. The molecule has 0 fully saturated rings. The Labute approximate surface area is 127 Å². The molecular formula is C15H18O7. The molecule has 0 saturated heterocycles. The number of rotatable bonds is 2. The monoisotopic (exact) mass is 310 g/mol. The zero-order chi connectivity index (χ0) is 17.0. The van der Waals surface area contributed by atoms with Crippen LogP contribution in [0.2, 0.25) is 0 Å². The topological polar surface area (TPSA) is 116 Å². The van der Waals surface area contributed by atoms with Crippen LogP contribution >= 0.6 is 0 Å². The van der Waals surface area contributed by atoms with Gasteiger partial charge in [0.15, 0.2) is 23.0 Å². The molecule has 0 unspecified atom stereocenters. The second-order valence-electron chi connectivity index (χ2n) is 3.63. The first-order chi connectivity index (χ1) is 10.4. The van der Waals surface area contributed by atoms with Crippen molar-refractivity contribution < 1.29 is 34.7 Å². The zero-order valence-electron chi connectivity index (χ0n) is 12.1. The molecule has 0 radical (unpaired) electrons. The Balaban J connectivity index is 0.000000326. The van der Waals surface area contributed by atoms with Gasteiger partial charge in [-0.2, -0.15) is 0 Å². The molecule has 2 aromatic carbocycles. The molecule has 0 aliphatic rings. The minimum absolute atomic E-state index is 0.181. The van der Waals surface area contributed by atoms with Crippen molar-refractivity contribution in [1.82, 2.24) is 0 Å². The van der Waals surface area contributed by atoms with E-state index in [1.807, 2.05) is 0 Å². The zero-order valence-corrected chi connectivity index (χ0v) is 12.1. The lowest BCUT2D eigenvalue weighted by Gasteiger charge is -1.99. The number of aromatic hydroxyl groups is 2. The van der Waals surface area contributed by atoms with Gasteiger partial charge in [-0.25, -0.2) is 4.79 Å². The molecule has 0 aromatic heterocycles. The number of ether oxygens (including phenoxy) is 2. The predicted octanol–water partition coefficient (Wildman–Crippen LogP) is 3.02. The van der Waals surface area contributed by atoms with E-state index in [1.54, 1.807) is 48.5 Å². The van der Waals surface area contributed by atoms with Crippen molar-refractivity contribution >= 4 is 6.16 Å². The highest BCUT2D eigenvalue weighted by Gasteiger charge is 1.94. The van der Waals surface area contributed by atoms with Crippen LogP contribution in [0.4, 0.5) is 4.79 Å². The number of carboxylic acid groups (broad SMARTS) is 2. The molecule has 0 heterocycles. The van der Waals surface area contributed by atoms with Crippen LogP contribution in [0.15, 0.2) is 48.5 Å². The van der Waals surface area contributed by atoms with Crippen molar-refractivity contribution in [3.63, 3.8) is 0 Å². The van der Waals surface area contributed by atoms with Gasteiger partial charge >= 0.3 is 6.16 Å². The molecule has 7 heteroatoms. The lowest BCUT2D eigenvalue weighted by Crippen LogP contribution is -1.81. The van der Waals surface area contributed by atoms with Gasteiger partial charge < -0.3 is 29.9 Å². The van der Waals surface area contributed by atoms with E-state index in [1.165, 1.54) is 14.2 Å². The highest BCUT2D eigenvalue weighted by Crippen LogP contribution is 2.23. The number of methoxy groups -OCH3 is 2. The Morgan fingerprint density at radius 2 is 1.05 bits per heavy atom. The van der Waals surface area contributed by atoms with E-state index in [4.69, 9.17) is 34.7 Å². The summed E-state index contributed by atoms with van der Waals surface area (Å²) in [7, 11) is 3.05. The highest BCUT2D eigenvalue weighted by atomic mass is 16.6. The summed E-state index contributed by atoms with van der Waals surface area (Å²) in [6, 6.07) is 13.7. The van der Waals surface area contributed by atoms with Gasteiger partial charge in [0.25, 0.3) is 0 Å². The Morgan fingerprint density at radius 3 is 1.23 bits per heavy atom. The van der Waals surface area contributed by atoms with Crippen LogP contribution < -0.4 is 9.47 Å². The number of hydrogen-bond donors (Lipinski definition) is 4. The molecule has 4 N–H and O–H groups in total. The number of para-hydroxylation sites is 4. The predicted molar refractivity (Wildman–Crippen MR) is 80.0 cm³/mol. The van der Waals surface area contributed by atoms with Crippen molar-refractivity contribution in [3.8, 4) is 23.0 Å². The average Bonchev–Trinajstić information content (AvgIpc) is 2.48. The third kappa shape index (κ3) is 8.16. The van der Waals surface area contributed by atoms with Crippen molar-refractivity contribution in [1.29, 1.82) is 0 Å². The summed E-state index contributed by atoms with van der Waals surface area (Å²) in [5.41, 5.74) is 0. The quantitative estimate of drug-likeness (QED) is 0.673. The maximum Gasteiger partial charge on any atom is 0.503 e. The summed E-state index contributed by atoms with van der Waals surface area (Å²) in [5, 5.41) is 31.9. The van der Waals surface area contributed by atoms with Gasteiger partial charge in [0.2, 0.25) is 0 Å². The molecule has 0 aliphatic carbocycles. The van der Waals surface area contributed by atoms with E-state index in [9.17, 15) is 0 Å². The SMILES string of the molecule is COc1ccccc1O.COc1ccccc1O.O=C(O)O. The molecule has 0 bridgehead atoms. The lowest BCUT2D eigenvalue weighted by atomic mass is 10.3. The maximum absolute atomic E-state index is 8.99. The van der Waals surface area contributed by atoms with Gasteiger partial charge in [0.05, 0.1) is 14.2 Å². The molecule has 2 aromatic rings. The first-order valence-corrected chi connectivity index (χ1v) is 5.98. The number of phenolic OH excluding ortho intramolecular Hbond substituents is 2. The van der Waals surface area contributed by atoms with E-state index in [-0.39, 0.29) is 11.5 Å². The van der Waals surface area contributed by atoms with Crippen LogP contribution in [0, 0.1) is 0 Å². The van der Waals surface area contributed by atoms with Gasteiger partial charge in [-0.1, -0.05) is 24.3 Å². The highest BCUT2D eigenvalue weighted by molar-refractivity contribution is 5.53. The summed E-state index contributed by atoms with van der Waals surface area (Å²) < 4.78 is 9.59. The summed E-state index contributed by atoms with van der Waals surface area (Å²) in [6.07, 6.45) is -1.83. The van der Waals surface area contributed by atoms with Crippen LogP contribution in [0.25, 0.3) is 0 Å². The van der Waals surface area contributed by atoms with Crippen LogP contribution in [-0.2, 0) is 0 Å². The molecule has 7 nitrogen and oxygen atoms in total. The standard InChI is InChI=1S/2C7H8O2.CH2O3/c2*1-9-7-5-3-2-4-6(7)8;2-1(3)4/h2*2-5,8H,1H3;(H2,2,3,4). The molecule has 0 spiro atoms. The van der Waals surface area contributed by atoms with Crippen molar-refractivity contribution in [2.75, 3.05) is 14.2 Å². The van der Waals surface area contributed by atoms with Gasteiger partial charge in [0, 0.05) is 0 Å². The minimum atomic E-state index is -1.83. The largest absolute Gasteiger partial charge is 0.504 e. The molecule has 120 valence electrons. The molecule has 0 atom stereocenters. The fourth-order valence-electron chi connectivity index (χ4n) is 1.26. The number of phenols is 2. The van der Waals surface area contributed by atoms with E-state index >= 15 is 0 Å². The average molecular weight is 310 g/mol. The van der Waals surface area contributed by atoms with Crippen molar-refractivity contribution in [3.05, 3.63) is 48.5 Å². The first-order valence-electron chi connectivity index (χ1n) is 5.98. The summed E-state index contributed by atoms with van der Waals surface area (Å²) in [5.74, 6) is 1.38. The molecule has 0 aliphatic heterocycles. The second kappa shape index (κ2) is 10.7. The van der Waals surface area contributed by atoms with E-state index in [0.717, 1.165) is 0 Å². The molecule has 0 amide bonds. The van der Waals surface area contributed by atoms with Gasteiger partial charge in [0.1, 0.15) is 0 Å².